The summed E-state index contributed by atoms with van der Waals surface area (Å²) in [4.78, 5) is 8.95. The second-order valence-electron chi connectivity index (χ2n) is 5.75. The number of aromatic nitrogens is 1. The molecule has 1 aromatic rings. The predicted molar refractivity (Wildman–Crippen MR) is 87.9 cm³/mol. The SMILES string of the molecule is COCCN1[C@H](C)CN(c2nc(C)c(S(N)(=O)=O)s2)C[C@H]1C. The smallest absolute Gasteiger partial charge is 0.249 e. The lowest BCUT2D eigenvalue weighted by atomic mass is 10.1. The van der Waals surface area contributed by atoms with E-state index in [0.717, 1.165) is 36.1 Å². The van der Waals surface area contributed by atoms with E-state index in [1.54, 1.807) is 14.0 Å². The first-order chi connectivity index (χ1) is 10.2. The Hall–Kier alpha value is -0.740. The van der Waals surface area contributed by atoms with E-state index in [0.29, 0.717) is 24.4 Å². The molecular formula is C13H24N4O3S2. The van der Waals surface area contributed by atoms with E-state index in [1.165, 1.54) is 0 Å². The van der Waals surface area contributed by atoms with E-state index < -0.39 is 10.0 Å². The van der Waals surface area contributed by atoms with Gasteiger partial charge in [-0.25, -0.2) is 18.5 Å². The molecule has 22 heavy (non-hydrogen) atoms. The van der Waals surface area contributed by atoms with E-state index in [2.05, 4.69) is 28.6 Å². The summed E-state index contributed by atoms with van der Waals surface area (Å²) in [5, 5.41) is 5.96. The van der Waals surface area contributed by atoms with Crippen molar-refractivity contribution < 1.29 is 13.2 Å². The zero-order valence-corrected chi connectivity index (χ0v) is 15.1. The largest absolute Gasteiger partial charge is 0.383 e. The Morgan fingerprint density at radius 3 is 2.41 bits per heavy atom. The van der Waals surface area contributed by atoms with Gasteiger partial charge in [0.05, 0.1) is 12.3 Å². The number of ether oxygens (including phenoxy) is 1. The molecule has 0 amide bonds. The van der Waals surface area contributed by atoms with Crippen molar-refractivity contribution in [2.45, 2.75) is 37.1 Å². The number of thiazole rings is 1. The molecule has 126 valence electrons. The van der Waals surface area contributed by atoms with Crippen molar-refractivity contribution in [3.8, 4) is 0 Å². The van der Waals surface area contributed by atoms with Crippen molar-refractivity contribution in [2.75, 3.05) is 38.3 Å². The minimum atomic E-state index is -3.70. The van der Waals surface area contributed by atoms with Crippen LogP contribution in [-0.2, 0) is 14.8 Å². The lowest BCUT2D eigenvalue weighted by Crippen LogP contribution is -2.57. The zero-order chi connectivity index (χ0) is 16.5. The minimum Gasteiger partial charge on any atom is -0.383 e. The van der Waals surface area contributed by atoms with Crippen LogP contribution in [0.2, 0.25) is 0 Å². The van der Waals surface area contributed by atoms with Crippen LogP contribution in [-0.4, -0.2) is 63.7 Å². The van der Waals surface area contributed by atoms with Crippen LogP contribution in [0.5, 0.6) is 0 Å². The van der Waals surface area contributed by atoms with Crippen molar-refractivity contribution in [1.82, 2.24) is 9.88 Å². The number of rotatable bonds is 5. The van der Waals surface area contributed by atoms with E-state index >= 15 is 0 Å². The van der Waals surface area contributed by atoms with Crippen LogP contribution in [0.15, 0.2) is 4.21 Å². The highest BCUT2D eigenvalue weighted by atomic mass is 32.2. The maximum Gasteiger partial charge on any atom is 0.249 e. The molecular weight excluding hydrogens is 324 g/mol. The summed E-state index contributed by atoms with van der Waals surface area (Å²) in [6.45, 7) is 9.24. The molecule has 1 aromatic heterocycles. The molecule has 0 radical (unpaired) electrons. The summed E-state index contributed by atoms with van der Waals surface area (Å²) in [6.07, 6.45) is 0. The molecule has 2 atom stereocenters. The van der Waals surface area contributed by atoms with Crippen molar-refractivity contribution in [1.29, 1.82) is 0 Å². The Labute approximate surface area is 136 Å². The van der Waals surface area contributed by atoms with Gasteiger partial charge in [0.25, 0.3) is 0 Å². The third kappa shape index (κ3) is 3.77. The van der Waals surface area contributed by atoms with E-state index in [4.69, 9.17) is 9.88 Å². The van der Waals surface area contributed by atoms with Crippen molar-refractivity contribution >= 4 is 26.5 Å². The predicted octanol–water partition coefficient (Wildman–Crippen LogP) is 0.644. The van der Waals surface area contributed by atoms with Gasteiger partial charge < -0.3 is 9.64 Å². The molecule has 0 unspecified atom stereocenters. The molecule has 1 fully saturated rings. The lowest BCUT2D eigenvalue weighted by molar-refractivity contribution is 0.0846. The van der Waals surface area contributed by atoms with Crippen molar-refractivity contribution in [3.63, 3.8) is 0 Å². The average molecular weight is 348 g/mol. The highest BCUT2D eigenvalue weighted by molar-refractivity contribution is 7.91. The Kier molecular flexibility index (Phi) is 5.44. The normalized spacial score (nSPS) is 24.0. The number of nitrogens with two attached hydrogens (primary N) is 1. The van der Waals surface area contributed by atoms with Crippen LogP contribution in [0.4, 0.5) is 5.13 Å². The van der Waals surface area contributed by atoms with Crippen molar-refractivity contribution in [2.24, 2.45) is 5.14 Å². The van der Waals surface area contributed by atoms with Crippen LogP contribution in [0.25, 0.3) is 0 Å². The minimum absolute atomic E-state index is 0.157. The molecule has 0 bridgehead atoms. The molecule has 0 spiro atoms. The first-order valence-electron chi connectivity index (χ1n) is 7.24. The molecule has 2 N–H and O–H groups in total. The second-order valence-corrected chi connectivity index (χ2v) is 8.48. The number of sulfonamides is 1. The summed E-state index contributed by atoms with van der Waals surface area (Å²) >= 11 is 1.15. The number of hydrogen-bond acceptors (Lipinski definition) is 7. The molecule has 0 aliphatic carbocycles. The fourth-order valence-corrected chi connectivity index (χ4v) is 4.88. The summed E-state index contributed by atoms with van der Waals surface area (Å²) in [7, 11) is -1.99. The van der Waals surface area contributed by atoms with Gasteiger partial charge in [-0.1, -0.05) is 11.3 Å². The second kappa shape index (κ2) is 6.79. The van der Waals surface area contributed by atoms with E-state index in [1.807, 2.05) is 0 Å². The molecule has 2 rings (SSSR count). The maximum absolute atomic E-state index is 11.6. The van der Waals surface area contributed by atoms with Gasteiger partial charge in [0.15, 0.2) is 9.34 Å². The average Bonchev–Trinajstić information content (AvgIpc) is 2.80. The number of nitrogens with zero attached hydrogens (tertiary/aromatic N) is 3. The molecule has 0 aromatic carbocycles. The third-order valence-corrected chi connectivity index (χ3v) is 6.70. The van der Waals surface area contributed by atoms with Gasteiger partial charge in [-0.15, -0.1) is 0 Å². The number of primary sulfonamides is 1. The quantitative estimate of drug-likeness (QED) is 0.840. The lowest BCUT2D eigenvalue weighted by Gasteiger charge is -2.44. The Balaban J connectivity index is 2.16. The number of aryl methyl sites for hydroxylation is 1. The molecule has 1 aliphatic rings. The summed E-state index contributed by atoms with van der Waals surface area (Å²) in [5.74, 6) is 0. The van der Waals surface area contributed by atoms with Crippen LogP contribution in [0.1, 0.15) is 19.5 Å². The number of anilines is 1. The van der Waals surface area contributed by atoms with E-state index in [-0.39, 0.29) is 4.21 Å². The van der Waals surface area contributed by atoms with Gasteiger partial charge in [-0.05, 0) is 20.8 Å². The van der Waals surface area contributed by atoms with Gasteiger partial charge in [-0.2, -0.15) is 0 Å². The summed E-state index contributed by atoms with van der Waals surface area (Å²) < 4.78 is 28.4. The van der Waals surface area contributed by atoms with Gasteiger partial charge in [-0.3, -0.25) is 4.90 Å². The maximum atomic E-state index is 11.6. The first kappa shape index (κ1) is 17.6. The Morgan fingerprint density at radius 1 is 1.36 bits per heavy atom. The third-order valence-electron chi connectivity index (χ3n) is 3.93. The monoisotopic (exact) mass is 348 g/mol. The van der Waals surface area contributed by atoms with Gasteiger partial charge >= 0.3 is 0 Å². The fourth-order valence-electron chi connectivity index (χ4n) is 2.92. The molecule has 7 nitrogen and oxygen atoms in total. The number of hydrogen-bond donors (Lipinski definition) is 1. The molecule has 1 saturated heterocycles. The first-order valence-corrected chi connectivity index (χ1v) is 9.60. The van der Waals surface area contributed by atoms with Crippen LogP contribution >= 0.6 is 11.3 Å². The zero-order valence-electron chi connectivity index (χ0n) is 13.4. The van der Waals surface area contributed by atoms with Crippen LogP contribution in [0, 0.1) is 6.92 Å². The van der Waals surface area contributed by atoms with Crippen LogP contribution in [0.3, 0.4) is 0 Å². The van der Waals surface area contributed by atoms with Gasteiger partial charge in [0, 0.05) is 38.8 Å². The van der Waals surface area contributed by atoms with Crippen LogP contribution < -0.4 is 10.0 Å². The highest BCUT2D eigenvalue weighted by Crippen LogP contribution is 2.31. The summed E-state index contributed by atoms with van der Waals surface area (Å²) in [5.41, 5.74) is 0.476. The fraction of sp³-hybridized carbons (Fsp3) is 0.769. The Morgan fingerprint density at radius 2 is 1.95 bits per heavy atom. The standard InChI is InChI=1S/C13H24N4O3S2/c1-9-7-16(8-10(2)17(9)5-6-20-4)13-15-11(3)12(21-13)22(14,18)19/h9-10H,5-8H2,1-4H3,(H2,14,18,19)/t9-,10-/m1/s1. The molecule has 2 heterocycles. The highest BCUT2D eigenvalue weighted by Gasteiger charge is 2.31. The van der Waals surface area contributed by atoms with Gasteiger partial charge in [0.1, 0.15) is 0 Å². The molecule has 1 aliphatic heterocycles. The Bertz CT molecular complexity index is 605. The van der Waals surface area contributed by atoms with E-state index in [9.17, 15) is 8.42 Å². The molecule has 0 saturated carbocycles. The summed E-state index contributed by atoms with van der Waals surface area (Å²) in [6, 6.07) is 0.696. The number of methoxy groups -OCH3 is 1. The molecule has 9 heteroatoms. The topological polar surface area (TPSA) is 88.8 Å². The number of piperazine rings is 1. The van der Waals surface area contributed by atoms with Gasteiger partial charge in [0.2, 0.25) is 10.0 Å². The van der Waals surface area contributed by atoms with Crippen molar-refractivity contribution in [3.05, 3.63) is 5.69 Å².